The molecule has 0 bridgehead atoms. The lowest BCUT2D eigenvalue weighted by atomic mass is 10.1. The largest absolute Gasteiger partial charge is 0.493 e. The van der Waals surface area contributed by atoms with Gasteiger partial charge in [0.15, 0.2) is 9.84 Å². The van der Waals surface area contributed by atoms with Crippen molar-refractivity contribution in [3.05, 3.63) is 28.3 Å². The van der Waals surface area contributed by atoms with Crippen LogP contribution in [0.4, 0.5) is 0 Å². The van der Waals surface area contributed by atoms with Crippen LogP contribution in [0.25, 0.3) is 0 Å². The van der Waals surface area contributed by atoms with Crippen LogP contribution in [0.5, 0.6) is 5.75 Å². The maximum absolute atomic E-state index is 12.1. The zero-order chi connectivity index (χ0) is 15.3. The molecule has 1 fully saturated rings. The number of rotatable bonds is 2. The summed E-state index contributed by atoms with van der Waals surface area (Å²) in [6.45, 7) is 6.08. The first kappa shape index (κ1) is 15.1. The Balaban J connectivity index is 1.83. The lowest BCUT2D eigenvalue weighted by Gasteiger charge is -2.37. The molecular formula is C15H20ClNO3S. The Kier molecular flexibility index (Phi) is 3.71. The van der Waals surface area contributed by atoms with E-state index in [0.29, 0.717) is 26.2 Å². The predicted octanol–water partition coefficient (Wildman–Crippen LogP) is 2.28. The number of sulfone groups is 1. The molecule has 0 aromatic heterocycles. The van der Waals surface area contributed by atoms with E-state index in [9.17, 15) is 8.42 Å². The molecule has 1 saturated heterocycles. The van der Waals surface area contributed by atoms with Crippen LogP contribution in [0.2, 0.25) is 5.02 Å². The van der Waals surface area contributed by atoms with E-state index < -0.39 is 14.6 Å². The number of nitrogens with zero attached hydrogens (tertiary/aromatic N) is 1. The van der Waals surface area contributed by atoms with Crippen molar-refractivity contribution >= 4 is 21.4 Å². The zero-order valence-electron chi connectivity index (χ0n) is 12.4. The molecule has 4 nitrogen and oxygen atoms in total. The van der Waals surface area contributed by atoms with E-state index in [2.05, 4.69) is 4.90 Å². The number of halogens is 1. The van der Waals surface area contributed by atoms with Crippen LogP contribution >= 0.6 is 11.6 Å². The van der Waals surface area contributed by atoms with Gasteiger partial charge in [0.1, 0.15) is 5.75 Å². The predicted molar refractivity (Wildman–Crippen MR) is 83.8 cm³/mol. The van der Waals surface area contributed by atoms with Crippen molar-refractivity contribution in [2.24, 2.45) is 0 Å². The molecule has 2 heterocycles. The Labute approximate surface area is 131 Å². The van der Waals surface area contributed by atoms with Crippen molar-refractivity contribution < 1.29 is 13.2 Å². The number of hydrogen-bond acceptors (Lipinski definition) is 4. The molecule has 0 aliphatic carbocycles. The van der Waals surface area contributed by atoms with Crippen LogP contribution < -0.4 is 4.74 Å². The van der Waals surface area contributed by atoms with Crippen LogP contribution in [-0.2, 0) is 22.8 Å². The molecule has 0 atom stereocenters. The Morgan fingerprint density at radius 1 is 1.38 bits per heavy atom. The minimum Gasteiger partial charge on any atom is -0.493 e. The summed E-state index contributed by atoms with van der Waals surface area (Å²) in [5.41, 5.74) is 2.21. The number of ether oxygens (including phenoxy) is 1. The van der Waals surface area contributed by atoms with Gasteiger partial charge in [0.2, 0.25) is 0 Å². The Hall–Kier alpha value is -0.780. The molecule has 0 radical (unpaired) electrons. The topological polar surface area (TPSA) is 46.6 Å². The zero-order valence-corrected chi connectivity index (χ0v) is 13.9. The van der Waals surface area contributed by atoms with Crippen molar-refractivity contribution in [2.75, 3.05) is 25.4 Å². The van der Waals surface area contributed by atoms with Crippen LogP contribution in [0, 0.1) is 0 Å². The lowest BCUT2D eigenvalue weighted by molar-refractivity contribution is 0.237. The SMILES string of the molecule is CC1(C)CN(Cc2cc(Cl)cc3c2OCC3)CCS1(=O)=O. The number of hydrogen-bond donors (Lipinski definition) is 0. The highest BCUT2D eigenvalue weighted by Crippen LogP contribution is 2.34. The third kappa shape index (κ3) is 2.79. The molecule has 0 unspecified atom stereocenters. The Bertz CT molecular complexity index is 670. The lowest BCUT2D eigenvalue weighted by Crippen LogP contribution is -2.52. The first-order chi connectivity index (χ1) is 9.78. The summed E-state index contributed by atoms with van der Waals surface area (Å²) < 4.78 is 29.2. The van der Waals surface area contributed by atoms with E-state index in [1.54, 1.807) is 13.8 Å². The second kappa shape index (κ2) is 5.14. The van der Waals surface area contributed by atoms with Gasteiger partial charge in [0.25, 0.3) is 0 Å². The molecule has 6 heteroatoms. The summed E-state index contributed by atoms with van der Waals surface area (Å²) in [5, 5.41) is 0.721. The molecule has 2 aliphatic rings. The second-order valence-electron chi connectivity index (χ2n) is 6.44. The first-order valence-corrected chi connectivity index (χ1v) is 9.20. The van der Waals surface area contributed by atoms with E-state index in [1.165, 1.54) is 0 Å². The molecule has 0 amide bonds. The average molecular weight is 330 g/mol. The summed E-state index contributed by atoms with van der Waals surface area (Å²) >= 11 is 6.18. The van der Waals surface area contributed by atoms with Gasteiger partial charge in [0.05, 0.1) is 17.1 Å². The molecule has 116 valence electrons. The minimum atomic E-state index is -3.00. The summed E-state index contributed by atoms with van der Waals surface area (Å²) in [6, 6.07) is 3.89. The number of fused-ring (bicyclic) bond motifs is 1. The molecular weight excluding hydrogens is 310 g/mol. The summed E-state index contributed by atoms with van der Waals surface area (Å²) in [5.74, 6) is 1.15. The fourth-order valence-corrected chi connectivity index (χ4v) is 4.77. The first-order valence-electron chi connectivity index (χ1n) is 7.17. The Morgan fingerprint density at radius 3 is 2.86 bits per heavy atom. The van der Waals surface area contributed by atoms with Crippen LogP contribution in [0.1, 0.15) is 25.0 Å². The van der Waals surface area contributed by atoms with Gasteiger partial charge < -0.3 is 4.74 Å². The van der Waals surface area contributed by atoms with E-state index in [1.807, 2.05) is 12.1 Å². The van der Waals surface area contributed by atoms with Crippen molar-refractivity contribution in [3.8, 4) is 5.75 Å². The van der Waals surface area contributed by atoms with Crippen LogP contribution in [0.15, 0.2) is 12.1 Å². The van der Waals surface area contributed by atoms with Gasteiger partial charge in [-0.05, 0) is 31.5 Å². The normalized spacial score (nSPS) is 23.6. The highest BCUT2D eigenvalue weighted by Gasteiger charge is 2.40. The standard InChI is InChI=1S/C15H20ClNO3S/c1-15(2)10-17(4-6-21(15,18)19)9-12-8-13(16)7-11-3-5-20-14(11)12/h7-8H,3-6,9-10H2,1-2H3. The van der Waals surface area contributed by atoms with Gasteiger partial charge in [0, 0.05) is 36.6 Å². The van der Waals surface area contributed by atoms with E-state index in [0.717, 1.165) is 28.3 Å². The quantitative estimate of drug-likeness (QED) is 0.835. The molecule has 0 spiro atoms. The molecule has 21 heavy (non-hydrogen) atoms. The maximum Gasteiger partial charge on any atom is 0.157 e. The Morgan fingerprint density at radius 2 is 2.14 bits per heavy atom. The summed E-state index contributed by atoms with van der Waals surface area (Å²) in [4.78, 5) is 2.18. The average Bonchev–Trinajstić information content (AvgIpc) is 2.82. The van der Waals surface area contributed by atoms with Gasteiger partial charge in [-0.1, -0.05) is 11.6 Å². The monoisotopic (exact) mass is 329 g/mol. The maximum atomic E-state index is 12.1. The van der Waals surface area contributed by atoms with Gasteiger partial charge in [-0.15, -0.1) is 0 Å². The fraction of sp³-hybridized carbons (Fsp3) is 0.600. The third-order valence-corrected chi connectivity index (χ3v) is 7.09. The molecule has 0 saturated carbocycles. The van der Waals surface area contributed by atoms with Crippen LogP contribution in [0.3, 0.4) is 0 Å². The molecule has 1 aromatic carbocycles. The van der Waals surface area contributed by atoms with E-state index in [-0.39, 0.29) is 5.75 Å². The number of benzene rings is 1. The van der Waals surface area contributed by atoms with Crippen molar-refractivity contribution in [2.45, 2.75) is 31.6 Å². The fourth-order valence-electron chi connectivity index (χ4n) is 3.08. The van der Waals surface area contributed by atoms with Gasteiger partial charge in [-0.25, -0.2) is 8.42 Å². The molecule has 3 rings (SSSR count). The van der Waals surface area contributed by atoms with E-state index >= 15 is 0 Å². The van der Waals surface area contributed by atoms with E-state index in [4.69, 9.17) is 16.3 Å². The molecule has 1 aromatic rings. The summed E-state index contributed by atoms with van der Waals surface area (Å²) in [6.07, 6.45) is 0.892. The van der Waals surface area contributed by atoms with Gasteiger partial charge >= 0.3 is 0 Å². The molecule has 0 N–H and O–H groups in total. The van der Waals surface area contributed by atoms with Gasteiger partial charge in [-0.3, -0.25) is 4.90 Å². The third-order valence-electron chi connectivity index (χ3n) is 4.34. The van der Waals surface area contributed by atoms with Crippen molar-refractivity contribution in [1.29, 1.82) is 0 Å². The van der Waals surface area contributed by atoms with Crippen molar-refractivity contribution in [3.63, 3.8) is 0 Å². The second-order valence-corrected chi connectivity index (χ2v) is 9.62. The summed E-state index contributed by atoms with van der Waals surface area (Å²) in [7, 11) is -3.00. The highest BCUT2D eigenvalue weighted by molar-refractivity contribution is 7.92. The minimum absolute atomic E-state index is 0.212. The smallest absolute Gasteiger partial charge is 0.157 e. The van der Waals surface area contributed by atoms with Crippen molar-refractivity contribution in [1.82, 2.24) is 4.90 Å². The molecule has 2 aliphatic heterocycles. The van der Waals surface area contributed by atoms with Gasteiger partial charge in [-0.2, -0.15) is 0 Å². The van der Waals surface area contributed by atoms with Crippen LogP contribution in [-0.4, -0.2) is 43.5 Å². The highest BCUT2D eigenvalue weighted by atomic mass is 35.5.